The Morgan fingerprint density at radius 3 is 1.92 bits per heavy atom. The number of hydrogen-bond donors (Lipinski definition) is 0. The van der Waals surface area contributed by atoms with Crippen LogP contribution < -0.4 is 0 Å². The summed E-state index contributed by atoms with van der Waals surface area (Å²) in [5.74, 6) is -0.201. The van der Waals surface area contributed by atoms with Crippen LogP contribution in [-0.4, -0.2) is 47.8 Å². The molecule has 0 unspecified atom stereocenters. The van der Waals surface area contributed by atoms with Crippen LogP contribution in [0.1, 0.15) is 26.3 Å². The van der Waals surface area contributed by atoms with Crippen molar-refractivity contribution in [1.82, 2.24) is 9.80 Å². The summed E-state index contributed by atoms with van der Waals surface area (Å²) in [6, 6.07) is 15.5. The van der Waals surface area contributed by atoms with Crippen LogP contribution in [0.3, 0.4) is 0 Å². The molecule has 1 aliphatic rings. The van der Waals surface area contributed by atoms with Crippen LogP contribution in [0.15, 0.2) is 48.5 Å². The number of piperazine rings is 1. The monoisotopic (exact) mass is 353 g/mol. The Morgan fingerprint density at radius 1 is 0.880 bits per heavy atom. The average molecular weight is 354 g/mol. The summed E-state index contributed by atoms with van der Waals surface area (Å²) >= 11 is 5.94. The first-order valence-electron chi connectivity index (χ1n) is 7.93. The maximum atomic E-state index is 12.6. The third kappa shape index (κ3) is 3.81. The highest BCUT2D eigenvalue weighted by Crippen LogP contribution is 2.15. The average Bonchev–Trinajstić information content (AvgIpc) is 2.67. The molecule has 6 heteroatoms. The molecule has 2 amide bonds. The fourth-order valence-corrected chi connectivity index (χ4v) is 3.01. The SMILES string of the molecule is N#Cc1cccc(C(=O)N2CCN(C(=O)c3cccc(Cl)c3)CC2)c1. The number of nitrogens with zero attached hydrogens (tertiary/aromatic N) is 3. The quantitative estimate of drug-likeness (QED) is 0.834. The second kappa shape index (κ2) is 7.37. The number of carbonyl (C=O) groups excluding carboxylic acids is 2. The van der Waals surface area contributed by atoms with Crippen molar-refractivity contribution in [3.63, 3.8) is 0 Å². The minimum absolute atomic E-state index is 0.0823. The maximum absolute atomic E-state index is 12.6. The first kappa shape index (κ1) is 17.0. The minimum atomic E-state index is -0.119. The van der Waals surface area contributed by atoms with E-state index in [1.165, 1.54) is 0 Å². The van der Waals surface area contributed by atoms with E-state index >= 15 is 0 Å². The highest BCUT2D eigenvalue weighted by Gasteiger charge is 2.25. The number of amides is 2. The predicted octanol–water partition coefficient (Wildman–Crippen LogP) is 2.81. The summed E-state index contributed by atoms with van der Waals surface area (Å²) in [4.78, 5) is 28.5. The molecule has 126 valence electrons. The first-order valence-corrected chi connectivity index (χ1v) is 8.30. The molecule has 0 bridgehead atoms. The van der Waals surface area contributed by atoms with Gasteiger partial charge in [-0.25, -0.2) is 0 Å². The van der Waals surface area contributed by atoms with E-state index in [1.54, 1.807) is 58.3 Å². The van der Waals surface area contributed by atoms with E-state index in [-0.39, 0.29) is 11.8 Å². The van der Waals surface area contributed by atoms with E-state index in [1.807, 2.05) is 6.07 Å². The van der Waals surface area contributed by atoms with Crippen LogP contribution >= 0.6 is 11.6 Å². The van der Waals surface area contributed by atoms with E-state index < -0.39 is 0 Å². The minimum Gasteiger partial charge on any atom is -0.335 e. The van der Waals surface area contributed by atoms with E-state index in [0.717, 1.165) is 0 Å². The van der Waals surface area contributed by atoms with Gasteiger partial charge in [0.05, 0.1) is 11.6 Å². The van der Waals surface area contributed by atoms with Gasteiger partial charge in [-0.1, -0.05) is 23.7 Å². The van der Waals surface area contributed by atoms with Crippen LogP contribution in [-0.2, 0) is 0 Å². The summed E-state index contributed by atoms with van der Waals surface area (Å²) in [6.45, 7) is 1.86. The van der Waals surface area contributed by atoms with Gasteiger partial charge in [0.2, 0.25) is 0 Å². The highest BCUT2D eigenvalue weighted by atomic mass is 35.5. The summed E-state index contributed by atoms with van der Waals surface area (Å²) in [7, 11) is 0. The molecule has 0 N–H and O–H groups in total. The number of nitriles is 1. The Morgan fingerprint density at radius 2 is 1.40 bits per heavy atom. The van der Waals surface area contributed by atoms with Gasteiger partial charge in [0.25, 0.3) is 11.8 Å². The molecule has 1 saturated heterocycles. The molecule has 3 rings (SSSR count). The lowest BCUT2D eigenvalue weighted by Gasteiger charge is -2.35. The van der Waals surface area contributed by atoms with Crippen LogP contribution in [0.2, 0.25) is 5.02 Å². The lowest BCUT2D eigenvalue weighted by Crippen LogP contribution is -2.50. The molecule has 0 spiro atoms. The molecule has 25 heavy (non-hydrogen) atoms. The van der Waals surface area contributed by atoms with Crippen LogP contribution in [0.4, 0.5) is 0 Å². The van der Waals surface area contributed by atoms with Gasteiger partial charge in [0, 0.05) is 42.3 Å². The summed E-state index contributed by atoms with van der Waals surface area (Å²) < 4.78 is 0. The molecule has 0 aliphatic carbocycles. The van der Waals surface area contributed by atoms with E-state index in [0.29, 0.717) is 47.9 Å². The molecule has 1 heterocycles. The Bertz CT molecular complexity index is 852. The van der Waals surface area contributed by atoms with Crippen molar-refractivity contribution >= 4 is 23.4 Å². The van der Waals surface area contributed by atoms with Gasteiger partial charge in [0.15, 0.2) is 0 Å². The zero-order valence-corrected chi connectivity index (χ0v) is 14.2. The van der Waals surface area contributed by atoms with Crippen molar-refractivity contribution in [1.29, 1.82) is 5.26 Å². The molecular weight excluding hydrogens is 338 g/mol. The second-order valence-electron chi connectivity index (χ2n) is 5.79. The zero-order valence-electron chi connectivity index (χ0n) is 13.5. The molecule has 5 nitrogen and oxygen atoms in total. The van der Waals surface area contributed by atoms with Gasteiger partial charge in [-0.3, -0.25) is 9.59 Å². The normalized spacial score (nSPS) is 14.1. The van der Waals surface area contributed by atoms with E-state index in [9.17, 15) is 9.59 Å². The predicted molar refractivity (Wildman–Crippen MR) is 94.4 cm³/mol. The van der Waals surface area contributed by atoms with Crippen molar-refractivity contribution in [3.05, 3.63) is 70.2 Å². The van der Waals surface area contributed by atoms with Gasteiger partial charge in [-0.15, -0.1) is 0 Å². The van der Waals surface area contributed by atoms with Crippen molar-refractivity contribution in [3.8, 4) is 6.07 Å². The Hall–Kier alpha value is -2.84. The number of benzene rings is 2. The zero-order chi connectivity index (χ0) is 17.8. The number of hydrogen-bond acceptors (Lipinski definition) is 3. The molecule has 1 aliphatic heterocycles. The summed E-state index contributed by atoms with van der Waals surface area (Å²) in [5, 5.41) is 9.47. The van der Waals surface area contributed by atoms with Gasteiger partial charge in [-0.2, -0.15) is 5.26 Å². The number of halogens is 1. The van der Waals surface area contributed by atoms with Gasteiger partial charge < -0.3 is 9.80 Å². The van der Waals surface area contributed by atoms with Crippen LogP contribution in [0, 0.1) is 11.3 Å². The van der Waals surface area contributed by atoms with Gasteiger partial charge in [-0.05, 0) is 36.4 Å². The number of carbonyl (C=O) groups is 2. The third-order valence-electron chi connectivity index (χ3n) is 4.16. The molecule has 2 aromatic carbocycles. The standard InChI is InChI=1S/C19H16ClN3O2/c20-17-6-2-5-16(12-17)19(25)23-9-7-22(8-10-23)18(24)15-4-1-3-14(11-15)13-21/h1-6,11-12H,7-10H2. The molecule has 0 aromatic heterocycles. The Kier molecular flexibility index (Phi) is 5.01. The molecule has 2 aromatic rings. The fourth-order valence-electron chi connectivity index (χ4n) is 2.82. The van der Waals surface area contributed by atoms with E-state index in [4.69, 9.17) is 16.9 Å². The molecule has 0 radical (unpaired) electrons. The van der Waals surface area contributed by atoms with Crippen molar-refractivity contribution in [2.24, 2.45) is 0 Å². The summed E-state index contributed by atoms with van der Waals surface area (Å²) in [5.41, 5.74) is 1.50. The second-order valence-corrected chi connectivity index (χ2v) is 6.22. The first-order chi connectivity index (χ1) is 12.1. The molecule has 0 atom stereocenters. The fraction of sp³-hybridized carbons (Fsp3) is 0.211. The Balaban J connectivity index is 1.64. The third-order valence-corrected chi connectivity index (χ3v) is 4.40. The number of rotatable bonds is 2. The highest BCUT2D eigenvalue weighted by molar-refractivity contribution is 6.30. The Labute approximate surface area is 151 Å². The lowest BCUT2D eigenvalue weighted by molar-refractivity contribution is 0.0535. The lowest BCUT2D eigenvalue weighted by atomic mass is 10.1. The molecule has 0 saturated carbocycles. The topological polar surface area (TPSA) is 64.4 Å². The van der Waals surface area contributed by atoms with E-state index in [2.05, 4.69) is 0 Å². The van der Waals surface area contributed by atoms with Crippen molar-refractivity contribution < 1.29 is 9.59 Å². The van der Waals surface area contributed by atoms with Crippen LogP contribution in [0.5, 0.6) is 0 Å². The van der Waals surface area contributed by atoms with Crippen LogP contribution in [0.25, 0.3) is 0 Å². The molecule has 1 fully saturated rings. The van der Waals surface area contributed by atoms with Crippen molar-refractivity contribution in [2.45, 2.75) is 0 Å². The van der Waals surface area contributed by atoms with Crippen molar-refractivity contribution in [2.75, 3.05) is 26.2 Å². The van der Waals surface area contributed by atoms with Gasteiger partial charge in [0.1, 0.15) is 0 Å². The summed E-state index contributed by atoms with van der Waals surface area (Å²) in [6.07, 6.45) is 0. The largest absolute Gasteiger partial charge is 0.335 e. The smallest absolute Gasteiger partial charge is 0.254 e. The maximum Gasteiger partial charge on any atom is 0.254 e. The molecular formula is C19H16ClN3O2. The van der Waals surface area contributed by atoms with Gasteiger partial charge >= 0.3 is 0 Å².